The number of H-pyrrole nitrogens is 1. The number of aliphatic hydroxyl groups is 1. The number of rotatable bonds is 6. The molecule has 0 saturated carbocycles. The molecule has 0 aliphatic rings. The zero-order chi connectivity index (χ0) is 14.5. The maximum absolute atomic E-state index is 11.7. The number of amides is 2. The number of aromatic nitrogens is 3. The van der Waals surface area contributed by atoms with Crippen molar-refractivity contribution < 1.29 is 19.8 Å². The lowest BCUT2D eigenvalue weighted by molar-refractivity contribution is -0.141. The van der Waals surface area contributed by atoms with E-state index >= 15 is 0 Å². The second-order valence-electron chi connectivity index (χ2n) is 4.51. The van der Waals surface area contributed by atoms with Crippen molar-refractivity contribution in [1.82, 2.24) is 25.4 Å². The lowest BCUT2D eigenvalue weighted by atomic mass is 10.0. The highest BCUT2D eigenvalue weighted by atomic mass is 16.4. The maximum atomic E-state index is 11.7. The van der Waals surface area contributed by atoms with Crippen LogP contribution in [0.4, 0.5) is 4.79 Å². The standard InChI is InChI=1S/C10H17N5O4/c1-10(19,3-8(16)17)5-11-9(18)15(2)4-7-12-6-13-14-7/h6,19H,3-5H2,1-2H3,(H,11,18)(H,16,17)(H,12,13,14). The minimum Gasteiger partial charge on any atom is -0.481 e. The molecule has 1 aromatic heterocycles. The average Bonchev–Trinajstić information content (AvgIpc) is 2.76. The van der Waals surface area contributed by atoms with Gasteiger partial charge in [0.1, 0.15) is 12.2 Å². The predicted octanol–water partition coefficient (Wildman–Crippen LogP) is -0.828. The van der Waals surface area contributed by atoms with E-state index in [4.69, 9.17) is 5.11 Å². The minimum atomic E-state index is -1.49. The van der Waals surface area contributed by atoms with E-state index < -0.39 is 24.0 Å². The number of carboxylic acid groups (broad SMARTS) is 1. The summed E-state index contributed by atoms with van der Waals surface area (Å²) in [6.45, 7) is 1.42. The van der Waals surface area contributed by atoms with Gasteiger partial charge in [-0.3, -0.25) is 9.89 Å². The number of nitrogens with one attached hydrogen (secondary N) is 2. The first-order valence-electron chi connectivity index (χ1n) is 5.57. The van der Waals surface area contributed by atoms with Gasteiger partial charge in [0.15, 0.2) is 0 Å². The molecular formula is C10H17N5O4. The third-order valence-electron chi connectivity index (χ3n) is 2.35. The molecule has 9 nitrogen and oxygen atoms in total. The van der Waals surface area contributed by atoms with Crippen molar-refractivity contribution in [3.05, 3.63) is 12.2 Å². The van der Waals surface area contributed by atoms with Gasteiger partial charge in [0.25, 0.3) is 0 Å². The molecular weight excluding hydrogens is 254 g/mol. The number of hydrogen-bond donors (Lipinski definition) is 4. The van der Waals surface area contributed by atoms with E-state index in [9.17, 15) is 14.7 Å². The van der Waals surface area contributed by atoms with Crippen LogP contribution in [0, 0.1) is 0 Å². The Bertz CT molecular complexity index is 431. The zero-order valence-electron chi connectivity index (χ0n) is 10.8. The molecule has 0 fully saturated rings. The van der Waals surface area contributed by atoms with E-state index in [2.05, 4.69) is 20.5 Å². The maximum Gasteiger partial charge on any atom is 0.317 e. The fourth-order valence-corrected chi connectivity index (χ4v) is 1.39. The van der Waals surface area contributed by atoms with Crippen molar-refractivity contribution in [3.8, 4) is 0 Å². The monoisotopic (exact) mass is 271 g/mol. The van der Waals surface area contributed by atoms with E-state index in [0.29, 0.717) is 5.82 Å². The third kappa shape index (κ3) is 5.34. The molecule has 0 saturated heterocycles. The van der Waals surface area contributed by atoms with Crippen LogP contribution in [0.15, 0.2) is 6.33 Å². The van der Waals surface area contributed by atoms with Crippen LogP contribution in [-0.4, -0.2) is 61.5 Å². The van der Waals surface area contributed by atoms with Gasteiger partial charge in [0, 0.05) is 13.6 Å². The largest absolute Gasteiger partial charge is 0.481 e. The number of carboxylic acids is 1. The summed E-state index contributed by atoms with van der Waals surface area (Å²) in [5.74, 6) is -0.607. The molecule has 19 heavy (non-hydrogen) atoms. The summed E-state index contributed by atoms with van der Waals surface area (Å²) in [5, 5.41) is 27.0. The van der Waals surface area contributed by atoms with Crippen molar-refractivity contribution in [1.29, 1.82) is 0 Å². The van der Waals surface area contributed by atoms with Crippen LogP contribution in [0.3, 0.4) is 0 Å². The van der Waals surface area contributed by atoms with Crippen LogP contribution in [0.5, 0.6) is 0 Å². The molecule has 1 atom stereocenters. The number of aromatic amines is 1. The summed E-state index contributed by atoms with van der Waals surface area (Å²) in [6.07, 6.45) is 0.887. The van der Waals surface area contributed by atoms with Crippen molar-refractivity contribution in [3.63, 3.8) is 0 Å². The highest BCUT2D eigenvalue weighted by Gasteiger charge is 2.25. The summed E-state index contributed by atoms with van der Waals surface area (Å²) >= 11 is 0. The van der Waals surface area contributed by atoms with Crippen molar-refractivity contribution in [2.45, 2.75) is 25.5 Å². The van der Waals surface area contributed by atoms with Crippen molar-refractivity contribution >= 4 is 12.0 Å². The number of carbonyl (C=O) groups is 2. The molecule has 1 rings (SSSR count). The number of nitrogens with zero attached hydrogens (tertiary/aromatic N) is 3. The molecule has 0 bridgehead atoms. The Morgan fingerprint density at radius 2 is 2.26 bits per heavy atom. The van der Waals surface area contributed by atoms with Gasteiger partial charge >= 0.3 is 12.0 Å². The lowest BCUT2D eigenvalue weighted by Crippen LogP contribution is -2.46. The topological polar surface area (TPSA) is 131 Å². The normalized spacial score (nSPS) is 13.6. The Morgan fingerprint density at radius 1 is 1.58 bits per heavy atom. The highest BCUT2D eigenvalue weighted by Crippen LogP contribution is 2.07. The van der Waals surface area contributed by atoms with E-state index in [1.54, 1.807) is 7.05 Å². The van der Waals surface area contributed by atoms with Gasteiger partial charge < -0.3 is 20.4 Å². The predicted molar refractivity (Wildman–Crippen MR) is 64.1 cm³/mol. The van der Waals surface area contributed by atoms with Crippen LogP contribution in [0.25, 0.3) is 0 Å². The van der Waals surface area contributed by atoms with Gasteiger partial charge in [-0.05, 0) is 6.92 Å². The summed E-state index contributed by atoms with van der Waals surface area (Å²) in [6, 6.07) is -0.443. The first-order valence-corrected chi connectivity index (χ1v) is 5.57. The Balaban J connectivity index is 2.40. The summed E-state index contributed by atoms with van der Waals surface area (Å²) < 4.78 is 0. The van der Waals surface area contributed by atoms with Crippen LogP contribution in [0.1, 0.15) is 19.2 Å². The van der Waals surface area contributed by atoms with Gasteiger partial charge in [0.2, 0.25) is 0 Å². The molecule has 1 unspecified atom stereocenters. The quantitative estimate of drug-likeness (QED) is 0.534. The smallest absolute Gasteiger partial charge is 0.317 e. The number of urea groups is 1. The molecule has 1 heterocycles. The van der Waals surface area contributed by atoms with E-state index in [-0.39, 0.29) is 13.1 Å². The first-order chi connectivity index (χ1) is 8.80. The van der Waals surface area contributed by atoms with Crippen LogP contribution < -0.4 is 5.32 Å². The number of aliphatic carboxylic acids is 1. The first kappa shape index (κ1) is 14.9. The van der Waals surface area contributed by atoms with E-state index in [1.165, 1.54) is 18.2 Å². The third-order valence-corrected chi connectivity index (χ3v) is 2.35. The van der Waals surface area contributed by atoms with Crippen molar-refractivity contribution in [2.24, 2.45) is 0 Å². The molecule has 0 spiro atoms. The lowest BCUT2D eigenvalue weighted by Gasteiger charge is -2.23. The highest BCUT2D eigenvalue weighted by molar-refractivity contribution is 5.74. The second-order valence-corrected chi connectivity index (χ2v) is 4.51. The van der Waals surface area contributed by atoms with Gasteiger partial charge in [-0.2, -0.15) is 5.10 Å². The molecule has 0 aliphatic heterocycles. The van der Waals surface area contributed by atoms with Gasteiger partial charge in [-0.25, -0.2) is 9.78 Å². The van der Waals surface area contributed by atoms with Gasteiger partial charge in [0.05, 0.1) is 18.6 Å². The fourth-order valence-electron chi connectivity index (χ4n) is 1.39. The summed E-state index contributed by atoms with van der Waals surface area (Å²) in [4.78, 5) is 27.4. The minimum absolute atomic E-state index is 0.154. The van der Waals surface area contributed by atoms with Gasteiger partial charge in [-0.1, -0.05) is 0 Å². The molecule has 0 radical (unpaired) electrons. The van der Waals surface area contributed by atoms with E-state index in [0.717, 1.165) is 0 Å². The molecule has 2 amide bonds. The Hall–Kier alpha value is -2.16. The Labute approximate surface area is 109 Å². The summed E-state index contributed by atoms with van der Waals surface area (Å²) in [5.41, 5.74) is -1.49. The van der Waals surface area contributed by atoms with Crippen LogP contribution >= 0.6 is 0 Å². The average molecular weight is 271 g/mol. The molecule has 0 aromatic carbocycles. The molecule has 1 aromatic rings. The van der Waals surface area contributed by atoms with Gasteiger partial charge in [-0.15, -0.1) is 0 Å². The second kappa shape index (κ2) is 6.14. The van der Waals surface area contributed by atoms with Crippen molar-refractivity contribution in [2.75, 3.05) is 13.6 Å². The zero-order valence-corrected chi connectivity index (χ0v) is 10.8. The Morgan fingerprint density at radius 3 is 2.79 bits per heavy atom. The Kier molecular flexibility index (Phi) is 4.81. The van der Waals surface area contributed by atoms with Crippen LogP contribution in [0.2, 0.25) is 0 Å². The fraction of sp³-hybridized carbons (Fsp3) is 0.600. The number of hydrogen-bond acceptors (Lipinski definition) is 5. The van der Waals surface area contributed by atoms with E-state index in [1.807, 2.05) is 0 Å². The SMILES string of the molecule is CN(Cc1ncn[nH]1)C(=O)NCC(C)(O)CC(=O)O. The molecule has 9 heteroatoms. The molecule has 0 aliphatic carbocycles. The van der Waals surface area contributed by atoms with Crippen LogP contribution in [-0.2, 0) is 11.3 Å². The molecule has 4 N–H and O–H groups in total. The molecule has 106 valence electrons. The summed E-state index contributed by atoms with van der Waals surface area (Å²) in [7, 11) is 1.55. The number of carbonyl (C=O) groups excluding carboxylic acids is 1.